The summed E-state index contributed by atoms with van der Waals surface area (Å²) in [5, 5.41) is 0.0792. The van der Waals surface area contributed by atoms with Crippen molar-refractivity contribution >= 4 is 16.9 Å². The fourth-order valence-electron chi connectivity index (χ4n) is 0.719. The van der Waals surface area contributed by atoms with Gasteiger partial charge in [0.1, 0.15) is 5.44 Å². The first-order chi connectivity index (χ1) is 4.79. The van der Waals surface area contributed by atoms with Crippen LogP contribution in [-0.2, 0) is 14.3 Å². The van der Waals surface area contributed by atoms with Crippen molar-refractivity contribution in [3.8, 4) is 0 Å². The maximum Gasteiger partial charge on any atom is 0.188 e. The molecule has 1 unspecified atom stereocenters. The number of ether oxygens (including phenoxy) is 2. The van der Waals surface area contributed by atoms with Gasteiger partial charge in [-0.3, -0.25) is 4.79 Å². The number of rotatable bonds is 1. The van der Waals surface area contributed by atoms with E-state index in [1.807, 2.05) is 0 Å². The summed E-state index contributed by atoms with van der Waals surface area (Å²) in [7, 11) is 0. The van der Waals surface area contributed by atoms with Crippen LogP contribution in [0.1, 0.15) is 6.92 Å². The summed E-state index contributed by atoms with van der Waals surface area (Å²) in [6, 6.07) is 0. The van der Waals surface area contributed by atoms with Gasteiger partial charge in [-0.2, -0.15) is 0 Å². The number of carbonyl (C=O) groups is 1. The average molecular weight is 162 g/mol. The second kappa shape index (κ2) is 3.95. The normalized spacial score (nSPS) is 26.3. The maximum atomic E-state index is 10.5. The molecule has 1 aliphatic heterocycles. The van der Waals surface area contributed by atoms with Gasteiger partial charge in [-0.1, -0.05) is 11.8 Å². The highest BCUT2D eigenvalue weighted by atomic mass is 32.2. The fraction of sp³-hybridized carbons (Fsp3) is 0.833. The van der Waals surface area contributed by atoms with Crippen LogP contribution in [0.25, 0.3) is 0 Å². The molecule has 1 saturated heterocycles. The standard InChI is InChI=1S/C6H10O3S/c1-5(7)10-6-4-8-2-3-9-6/h6H,2-4H2,1H3. The molecule has 3 nitrogen and oxygen atoms in total. The van der Waals surface area contributed by atoms with Gasteiger partial charge >= 0.3 is 0 Å². The Hall–Kier alpha value is -0.0600. The molecule has 0 aliphatic carbocycles. The van der Waals surface area contributed by atoms with Gasteiger partial charge in [0, 0.05) is 6.92 Å². The average Bonchev–Trinajstić information content (AvgIpc) is 1.88. The van der Waals surface area contributed by atoms with E-state index in [-0.39, 0.29) is 10.6 Å². The van der Waals surface area contributed by atoms with Crippen molar-refractivity contribution in [1.82, 2.24) is 0 Å². The van der Waals surface area contributed by atoms with Crippen LogP contribution in [0.4, 0.5) is 0 Å². The highest BCUT2D eigenvalue weighted by Crippen LogP contribution is 2.15. The molecule has 0 amide bonds. The van der Waals surface area contributed by atoms with E-state index in [0.29, 0.717) is 19.8 Å². The fourth-order valence-corrected chi connectivity index (χ4v) is 1.42. The van der Waals surface area contributed by atoms with Crippen molar-refractivity contribution in [1.29, 1.82) is 0 Å². The molecule has 58 valence electrons. The molecule has 10 heavy (non-hydrogen) atoms. The largest absolute Gasteiger partial charge is 0.375 e. The lowest BCUT2D eigenvalue weighted by Gasteiger charge is -2.20. The van der Waals surface area contributed by atoms with Gasteiger partial charge in [-0.05, 0) is 0 Å². The van der Waals surface area contributed by atoms with E-state index in [9.17, 15) is 4.79 Å². The molecule has 4 heteroatoms. The Morgan fingerprint density at radius 3 is 2.90 bits per heavy atom. The molecule has 1 heterocycles. The Balaban J connectivity index is 2.19. The molecule has 0 saturated carbocycles. The van der Waals surface area contributed by atoms with Crippen LogP contribution in [0.5, 0.6) is 0 Å². The van der Waals surface area contributed by atoms with E-state index in [1.54, 1.807) is 0 Å². The third kappa shape index (κ3) is 2.68. The molecular formula is C6H10O3S. The summed E-state index contributed by atoms with van der Waals surface area (Å²) in [5.74, 6) is 0. The maximum absolute atomic E-state index is 10.5. The highest BCUT2D eigenvalue weighted by Gasteiger charge is 2.16. The molecule has 0 bridgehead atoms. The van der Waals surface area contributed by atoms with Crippen LogP contribution >= 0.6 is 11.8 Å². The Kier molecular flexibility index (Phi) is 3.18. The van der Waals surface area contributed by atoms with Crippen molar-refractivity contribution in [2.75, 3.05) is 19.8 Å². The Morgan fingerprint density at radius 1 is 1.60 bits per heavy atom. The van der Waals surface area contributed by atoms with Crippen molar-refractivity contribution < 1.29 is 14.3 Å². The van der Waals surface area contributed by atoms with Crippen molar-refractivity contribution in [2.24, 2.45) is 0 Å². The molecule has 0 aromatic carbocycles. The van der Waals surface area contributed by atoms with E-state index in [0.717, 1.165) is 0 Å². The minimum atomic E-state index is -0.0775. The number of thioether (sulfide) groups is 1. The molecule has 0 radical (unpaired) electrons. The summed E-state index contributed by atoms with van der Waals surface area (Å²) in [6.07, 6.45) is 0. The summed E-state index contributed by atoms with van der Waals surface area (Å²) < 4.78 is 10.3. The van der Waals surface area contributed by atoms with Crippen LogP contribution in [0.3, 0.4) is 0 Å². The summed E-state index contributed by atoms with van der Waals surface area (Å²) in [6.45, 7) is 3.31. The van der Waals surface area contributed by atoms with Gasteiger partial charge in [0.25, 0.3) is 0 Å². The first kappa shape index (κ1) is 8.04. The molecule has 0 aromatic rings. The number of hydrogen-bond donors (Lipinski definition) is 0. The highest BCUT2D eigenvalue weighted by molar-refractivity contribution is 8.14. The van der Waals surface area contributed by atoms with E-state index < -0.39 is 0 Å². The van der Waals surface area contributed by atoms with E-state index in [1.165, 1.54) is 18.7 Å². The predicted molar refractivity (Wildman–Crippen MR) is 38.8 cm³/mol. The van der Waals surface area contributed by atoms with Crippen LogP contribution < -0.4 is 0 Å². The third-order valence-electron chi connectivity index (χ3n) is 1.08. The second-order valence-electron chi connectivity index (χ2n) is 1.98. The molecule has 0 aromatic heterocycles. The molecule has 1 fully saturated rings. The lowest BCUT2D eigenvalue weighted by atomic mass is 10.6. The lowest BCUT2D eigenvalue weighted by molar-refractivity contribution is -0.109. The van der Waals surface area contributed by atoms with Gasteiger partial charge < -0.3 is 9.47 Å². The SMILES string of the molecule is CC(=O)SC1COCCO1. The summed E-state index contributed by atoms with van der Waals surface area (Å²) in [5.41, 5.74) is -0.0775. The minimum Gasteiger partial charge on any atom is -0.375 e. The van der Waals surface area contributed by atoms with Crippen molar-refractivity contribution in [3.63, 3.8) is 0 Å². The molecule has 1 aliphatic rings. The Labute approximate surface area is 64.1 Å². The molecule has 1 rings (SSSR count). The number of hydrogen-bond acceptors (Lipinski definition) is 4. The van der Waals surface area contributed by atoms with Crippen molar-refractivity contribution in [3.05, 3.63) is 0 Å². The zero-order chi connectivity index (χ0) is 7.40. The van der Waals surface area contributed by atoms with Crippen LogP contribution in [0, 0.1) is 0 Å². The van der Waals surface area contributed by atoms with Gasteiger partial charge in [0.15, 0.2) is 5.12 Å². The summed E-state index contributed by atoms with van der Waals surface area (Å²) >= 11 is 1.19. The Bertz CT molecular complexity index is 120. The van der Waals surface area contributed by atoms with Gasteiger partial charge in [0.05, 0.1) is 19.8 Å². The topological polar surface area (TPSA) is 35.5 Å². The van der Waals surface area contributed by atoms with Gasteiger partial charge in [0.2, 0.25) is 0 Å². The first-order valence-corrected chi connectivity index (χ1v) is 4.03. The molecular weight excluding hydrogens is 152 g/mol. The Morgan fingerprint density at radius 2 is 2.40 bits per heavy atom. The van der Waals surface area contributed by atoms with Crippen molar-refractivity contribution in [2.45, 2.75) is 12.4 Å². The monoisotopic (exact) mass is 162 g/mol. The van der Waals surface area contributed by atoms with Crippen LogP contribution in [0.2, 0.25) is 0 Å². The van der Waals surface area contributed by atoms with Gasteiger partial charge in [-0.15, -0.1) is 0 Å². The molecule has 0 N–H and O–H groups in total. The predicted octanol–water partition coefficient (Wildman–Crippen LogP) is 0.639. The smallest absolute Gasteiger partial charge is 0.188 e. The zero-order valence-corrected chi connectivity index (χ0v) is 6.65. The second-order valence-corrected chi connectivity index (χ2v) is 3.32. The first-order valence-electron chi connectivity index (χ1n) is 3.15. The molecule has 1 atom stereocenters. The molecule has 0 spiro atoms. The minimum absolute atomic E-state index is 0.0775. The quantitative estimate of drug-likeness (QED) is 0.567. The summed E-state index contributed by atoms with van der Waals surface area (Å²) in [4.78, 5) is 10.5. The van der Waals surface area contributed by atoms with Crippen LogP contribution in [-0.4, -0.2) is 30.4 Å². The van der Waals surface area contributed by atoms with E-state index in [2.05, 4.69) is 0 Å². The third-order valence-corrected chi connectivity index (χ3v) is 1.95. The van der Waals surface area contributed by atoms with Gasteiger partial charge in [-0.25, -0.2) is 0 Å². The van der Waals surface area contributed by atoms with E-state index >= 15 is 0 Å². The van der Waals surface area contributed by atoms with Crippen LogP contribution in [0.15, 0.2) is 0 Å². The van der Waals surface area contributed by atoms with E-state index in [4.69, 9.17) is 9.47 Å². The lowest BCUT2D eigenvalue weighted by Crippen LogP contribution is -2.26. The number of carbonyl (C=O) groups excluding carboxylic acids is 1. The zero-order valence-electron chi connectivity index (χ0n) is 5.83.